The lowest BCUT2D eigenvalue weighted by molar-refractivity contribution is -0.118. The summed E-state index contributed by atoms with van der Waals surface area (Å²) in [5.41, 5.74) is 10.6. The van der Waals surface area contributed by atoms with Crippen LogP contribution in [0.25, 0.3) is 0 Å². The molecule has 0 fully saturated rings. The minimum atomic E-state index is -0.298. The summed E-state index contributed by atoms with van der Waals surface area (Å²) in [6, 6.07) is -0.298. The second kappa shape index (κ2) is 9.59. The van der Waals surface area contributed by atoms with Gasteiger partial charge in [-0.25, -0.2) is 0 Å². The molecule has 3 heteroatoms. The molecule has 68 valence electrons. The van der Waals surface area contributed by atoms with Crippen molar-refractivity contribution in [3.05, 3.63) is 0 Å². The summed E-state index contributed by atoms with van der Waals surface area (Å²) < 4.78 is 0. The zero-order chi connectivity index (χ0) is 9.28. The second-order valence-electron chi connectivity index (χ2n) is 2.15. The van der Waals surface area contributed by atoms with Gasteiger partial charge in [-0.1, -0.05) is 13.8 Å². The predicted molar refractivity (Wildman–Crippen MR) is 48.3 cm³/mol. The number of carbonyl (C=O) groups excluding carboxylic acids is 1. The number of rotatable bonds is 4. The normalized spacial score (nSPS) is 11.4. The monoisotopic (exact) mass is 160 g/mol. The van der Waals surface area contributed by atoms with E-state index in [0.29, 0.717) is 13.0 Å². The third-order valence-electron chi connectivity index (χ3n) is 1.24. The van der Waals surface area contributed by atoms with Crippen LogP contribution in [0.5, 0.6) is 0 Å². The van der Waals surface area contributed by atoms with Crippen LogP contribution in [-0.4, -0.2) is 18.4 Å². The first-order chi connectivity index (χ1) is 5.18. The molecule has 0 saturated carbocycles. The van der Waals surface area contributed by atoms with Gasteiger partial charge in [0.05, 0.1) is 6.04 Å². The van der Waals surface area contributed by atoms with E-state index in [2.05, 4.69) is 0 Å². The Bertz CT molecular complexity index is 94.1. The molecular formula is C8H20N2O. The molecule has 0 aromatic rings. The fourth-order valence-corrected chi connectivity index (χ4v) is 0.541. The summed E-state index contributed by atoms with van der Waals surface area (Å²) in [6.07, 6.45) is 1.55. The van der Waals surface area contributed by atoms with E-state index in [4.69, 9.17) is 11.5 Å². The lowest BCUT2D eigenvalue weighted by atomic mass is 10.1. The molecule has 0 spiro atoms. The van der Waals surface area contributed by atoms with Crippen LogP contribution in [0.1, 0.15) is 33.6 Å². The van der Waals surface area contributed by atoms with Crippen molar-refractivity contribution in [3.8, 4) is 0 Å². The van der Waals surface area contributed by atoms with E-state index in [-0.39, 0.29) is 11.8 Å². The van der Waals surface area contributed by atoms with Gasteiger partial charge in [-0.2, -0.15) is 0 Å². The van der Waals surface area contributed by atoms with Gasteiger partial charge in [0.15, 0.2) is 0 Å². The van der Waals surface area contributed by atoms with Crippen molar-refractivity contribution in [1.82, 2.24) is 0 Å². The van der Waals surface area contributed by atoms with Crippen molar-refractivity contribution in [2.24, 2.45) is 11.5 Å². The number of ketones is 1. The number of nitrogens with two attached hydrogens (primary N) is 2. The van der Waals surface area contributed by atoms with Crippen molar-refractivity contribution in [2.45, 2.75) is 39.7 Å². The SMILES string of the molecule is CC.CC(=O)[C@@H](N)CCCN. The highest BCUT2D eigenvalue weighted by atomic mass is 16.1. The number of hydrogen-bond donors (Lipinski definition) is 2. The van der Waals surface area contributed by atoms with Gasteiger partial charge >= 0.3 is 0 Å². The lowest BCUT2D eigenvalue weighted by Gasteiger charge is -2.04. The maximum atomic E-state index is 10.5. The van der Waals surface area contributed by atoms with Crippen LogP contribution >= 0.6 is 0 Å². The van der Waals surface area contributed by atoms with Gasteiger partial charge in [-0.15, -0.1) is 0 Å². The van der Waals surface area contributed by atoms with E-state index in [9.17, 15) is 4.79 Å². The predicted octanol–water partition coefficient (Wildman–Crippen LogP) is 0.668. The molecule has 0 aliphatic carbocycles. The summed E-state index contributed by atoms with van der Waals surface area (Å²) in [7, 11) is 0. The van der Waals surface area contributed by atoms with Gasteiger partial charge < -0.3 is 11.5 Å². The quantitative estimate of drug-likeness (QED) is 0.635. The highest BCUT2D eigenvalue weighted by Crippen LogP contribution is 1.92. The number of hydrogen-bond acceptors (Lipinski definition) is 3. The van der Waals surface area contributed by atoms with E-state index >= 15 is 0 Å². The molecule has 0 heterocycles. The van der Waals surface area contributed by atoms with Gasteiger partial charge in [0.1, 0.15) is 5.78 Å². The van der Waals surface area contributed by atoms with Crippen LogP contribution in [0.4, 0.5) is 0 Å². The van der Waals surface area contributed by atoms with Gasteiger partial charge in [0, 0.05) is 0 Å². The Morgan fingerprint density at radius 2 is 1.91 bits per heavy atom. The Balaban J connectivity index is 0. The van der Waals surface area contributed by atoms with Crippen LogP contribution in [0.15, 0.2) is 0 Å². The van der Waals surface area contributed by atoms with E-state index < -0.39 is 0 Å². The molecule has 0 unspecified atom stereocenters. The first-order valence-electron chi connectivity index (χ1n) is 4.14. The van der Waals surface area contributed by atoms with Crippen LogP contribution in [-0.2, 0) is 4.79 Å². The molecule has 4 N–H and O–H groups in total. The summed E-state index contributed by atoms with van der Waals surface area (Å²) in [5, 5.41) is 0. The highest BCUT2D eigenvalue weighted by Gasteiger charge is 2.05. The summed E-state index contributed by atoms with van der Waals surface area (Å²) >= 11 is 0. The smallest absolute Gasteiger partial charge is 0.146 e. The minimum Gasteiger partial charge on any atom is -0.330 e. The van der Waals surface area contributed by atoms with Gasteiger partial charge in [-0.3, -0.25) is 4.79 Å². The Hall–Kier alpha value is -0.410. The van der Waals surface area contributed by atoms with Crippen LogP contribution < -0.4 is 11.5 Å². The molecule has 11 heavy (non-hydrogen) atoms. The standard InChI is InChI=1S/C6H14N2O.C2H6/c1-5(9)6(8)3-2-4-7;1-2/h6H,2-4,7-8H2,1H3;1-2H3/t6-;/m0./s1. The van der Waals surface area contributed by atoms with E-state index in [1.807, 2.05) is 13.8 Å². The molecular weight excluding hydrogens is 140 g/mol. The molecule has 0 aliphatic rings. The van der Waals surface area contributed by atoms with Crippen molar-refractivity contribution in [1.29, 1.82) is 0 Å². The molecule has 0 amide bonds. The van der Waals surface area contributed by atoms with Crippen molar-refractivity contribution in [2.75, 3.05) is 6.54 Å². The second-order valence-corrected chi connectivity index (χ2v) is 2.15. The van der Waals surface area contributed by atoms with E-state index in [1.54, 1.807) is 0 Å². The van der Waals surface area contributed by atoms with Gasteiger partial charge in [0.2, 0.25) is 0 Å². The lowest BCUT2D eigenvalue weighted by Crippen LogP contribution is -2.28. The Morgan fingerprint density at radius 1 is 1.45 bits per heavy atom. The number of Topliss-reactive ketones (excluding diaryl/α,β-unsaturated/α-hetero) is 1. The first-order valence-corrected chi connectivity index (χ1v) is 4.14. The van der Waals surface area contributed by atoms with Crippen LogP contribution in [0, 0.1) is 0 Å². The molecule has 0 saturated heterocycles. The largest absolute Gasteiger partial charge is 0.330 e. The molecule has 0 bridgehead atoms. The first kappa shape index (κ1) is 13.2. The molecule has 0 radical (unpaired) electrons. The van der Waals surface area contributed by atoms with Crippen molar-refractivity contribution < 1.29 is 4.79 Å². The molecule has 0 aromatic carbocycles. The molecule has 0 aliphatic heterocycles. The van der Waals surface area contributed by atoms with E-state index in [1.165, 1.54) is 6.92 Å². The summed E-state index contributed by atoms with van der Waals surface area (Å²) in [6.45, 7) is 6.11. The molecule has 1 atom stereocenters. The average Bonchev–Trinajstić information content (AvgIpc) is 2.03. The van der Waals surface area contributed by atoms with Crippen LogP contribution in [0.3, 0.4) is 0 Å². The zero-order valence-electron chi connectivity index (χ0n) is 7.76. The van der Waals surface area contributed by atoms with Crippen molar-refractivity contribution >= 4 is 5.78 Å². The van der Waals surface area contributed by atoms with E-state index in [0.717, 1.165) is 6.42 Å². The molecule has 0 rings (SSSR count). The van der Waals surface area contributed by atoms with Gasteiger partial charge in [-0.05, 0) is 26.3 Å². The fraction of sp³-hybridized carbons (Fsp3) is 0.875. The third kappa shape index (κ3) is 9.59. The minimum absolute atomic E-state index is 0.0449. The maximum Gasteiger partial charge on any atom is 0.146 e. The molecule has 0 aromatic heterocycles. The van der Waals surface area contributed by atoms with Gasteiger partial charge in [0.25, 0.3) is 0 Å². The Kier molecular flexibility index (Phi) is 11.5. The van der Waals surface area contributed by atoms with Crippen molar-refractivity contribution in [3.63, 3.8) is 0 Å². The Morgan fingerprint density at radius 3 is 2.18 bits per heavy atom. The fourth-order valence-electron chi connectivity index (χ4n) is 0.541. The average molecular weight is 160 g/mol. The number of carbonyl (C=O) groups is 1. The topological polar surface area (TPSA) is 69.1 Å². The third-order valence-corrected chi connectivity index (χ3v) is 1.24. The van der Waals surface area contributed by atoms with Crippen LogP contribution in [0.2, 0.25) is 0 Å². The summed E-state index contributed by atoms with van der Waals surface area (Å²) in [5.74, 6) is 0.0449. The molecule has 3 nitrogen and oxygen atoms in total. The highest BCUT2D eigenvalue weighted by molar-refractivity contribution is 5.80. The summed E-state index contributed by atoms with van der Waals surface area (Å²) in [4.78, 5) is 10.5. The maximum absolute atomic E-state index is 10.5. The zero-order valence-corrected chi connectivity index (χ0v) is 7.76. The Labute approximate surface area is 69.1 Å².